The van der Waals surface area contributed by atoms with Gasteiger partial charge in [-0.2, -0.15) is 13.2 Å². The van der Waals surface area contributed by atoms with E-state index in [1.807, 2.05) is 0 Å². The van der Waals surface area contributed by atoms with Gasteiger partial charge >= 0.3 is 6.18 Å². The molecule has 2 rings (SSSR count). The third-order valence-electron chi connectivity index (χ3n) is 3.03. The lowest BCUT2D eigenvalue weighted by Crippen LogP contribution is -2.07. The van der Waals surface area contributed by atoms with E-state index in [9.17, 15) is 18.3 Å². The first kappa shape index (κ1) is 15.9. The minimum absolute atomic E-state index is 0.177. The van der Waals surface area contributed by atoms with Crippen molar-refractivity contribution in [3.8, 4) is 5.75 Å². The number of halogens is 4. The van der Waals surface area contributed by atoms with Crippen molar-refractivity contribution in [1.82, 2.24) is 0 Å². The van der Waals surface area contributed by atoms with Crippen molar-refractivity contribution in [1.29, 1.82) is 0 Å². The van der Waals surface area contributed by atoms with Crippen molar-refractivity contribution in [2.75, 3.05) is 7.11 Å². The first-order valence-electron chi connectivity index (χ1n) is 6.01. The summed E-state index contributed by atoms with van der Waals surface area (Å²) >= 11 is 3.28. The number of hydrogen-bond donors (Lipinski definition) is 1. The second-order valence-electron chi connectivity index (χ2n) is 4.41. The number of alkyl halides is 3. The molecule has 0 aliphatic heterocycles. The third kappa shape index (κ3) is 3.57. The summed E-state index contributed by atoms with van der Waals surface area (Å²) in [6.45, 7) is 0. The van der Waals surface area contributed by atoms with E-state index >= 15 is 0 Å². The molecule has 0 aromatic heterocycles. The largest absolute Gasteiger partial charge is 0.497 e. The SMILES string of the molecule is COc1ccc(C(O)c2cccc(C(F)(F)F)c2)c(Br)c1. The second-order valence-corrected chi connectivity index (χ2v) is 5.27. The van der Waals surface area contributed by atoms with Crippen molar-refractivity contribution in [3.05, 3.63) is 63.6 Å². The topological polar surface area (TPSA) is 29.5 Å². The molecule has 0 amide bonds. The van der Waals surface area contributed by atoms with E-state index in [0.29, 0.717) is 15.8 Å². The minimum Gasteiger partial charge on any atom is -0.497 e. The van der Waals surface area contributed by atoms with Crippen molar-refractivity contribution in [3.63, 3.8) is 0 Å². The van der Waals surface area contributed by atoms with Gasteiger partial charge in [0.1, 0.15) is 11.9 Å². The van der Waals surface area contributed by atoms with Crippen LogP contribution in [0.3, 0.4) is 0 Å². The molecule has 0 aliphatic rings. The van der Waals surface area contributed by atoms with Crippen LogP contribution in [0.5, 0.6) is 5.75 Å². The van der Waals surface area contributed by atoms with E-state index in [1.54, 1.807) is 18.2 Å². The molecule has 0 bridgehead atoms. The quantitative estimate of drug-likeness (QED) is 0.869. The number of hydrogen-bond acceptors (Lipinski definition) is 2. The molecule has 1 atom stereocenters. The van der Waals surface area contributed by atoms with Crippen LogP contribution in [0.2, 0.25) is 0 Å². The van der Waals surface area contributed by atoms with E-state index in [1.165, 1.54) is 19.2 Å². The molecule has 1 N–H and O–H groups in total. The van der Waals surface area contributed by atoms with Gasteiger partial charge in [0.25, 0.3) is 0 Å². The van der Waals surface area contributed by atoms with Gasteiger partial charge in [-0.1, -0.05) is 34.1 Å². The van der Waals surface area contributed by atoms with Crippen LogP contribution in [0, 0.1) is 0 Å². The Morgan fingerprint density at radius 3 is 2.43 bits per heavy atom. The number of ether oxygens (including phenoxy) is 1. The number of aliphatic hydroxyl groups excluding tert-OH is 1. The molecule has 0 radical (unpaired) electrons. The van der Waals surface area contributed by atoms with Gasteiger partial charge in [0.05, 0.1) is 12.7 Å². The monoisotopic (exact) mass is 360 g/mol. The van der Waals surface area contributed by atoms with Crippen LogP contribution < -0.4 is 4.74 Å². The Hall–Kier alpha value is -1.53. The van der Waals surface area contributed by atoms with E-state index in [-0.39, 0.29) is 5.56 Å². The average molecular weight is 361 g/mol. The maximum atomic E-state index is 12.7. The molecule has 2 aromatic rings. The molecule has 0 saturated carbocycles. The molecule has 1 unspecified atom stereocenters. The summed E-state index contributed by atoms with van der Waals surface area (Å²) in [6.07, 6.45) is -5.60. The Morgan fingerprint density at radius 1 is 1.14 bits per heavy atom. The Kier molecular flexibility index (Phi) is 4.58. The lowest BCUT2D eigenvalue weighted by Gasteiger charge is -2.16. The standard InChI is InChI=1S/C15H12BrF3O2/c1-21-11-5-6-12(13(16)8-11)14(20)9-3-2-4-10(7-9)15(17,18)19/h2-8,14,20H,1H3. The van der Waals surface area contributed by atoms with Gasteiger partial charge < -0.3 is 9.84 Å². The molecular formula is C15H12BrF3O2. The predicted octanol–water partition coefficient (Wildman–Crippen LogP) is 4.56. The molecule has 2 nitrogen and oxygen atoms in total. The van der Waals surface area contributed by atoms with Crippen molar-refractivity contribution in [2.45, 2.75) is 12.3 Å². The molecule has 0 heterocycles. The summed E-state index contributed by atoms with van der Waals surface area (Å²) in [5.74, 6) is 0.585. The van der Waals surface area contributed by atoms with Gasteiger partial charge in [-0.15, -0.1) is 0 Å². The molecule has 112 valence electrons. The molecule has 0 aliphatic carbocycles. The van der Waals surface area contributed by atoms with Gasteiger partial charge in [-0.3, -0.25) is 0 Å². The Bertz CT molecular complexity index is 641. The second kappa shape index (κ2) is 6.07. The van der Waals surface area contributed by atoms with Crippen LogP contribution in [0.1, 0.15) is 22.8 Å². The highest BCUT2D eigenvalue weighted by molar-refractivity contribution is 9.10. The number of methoxy groups -OCH3 is 1. The van der Waals surface area contributed by atoms with E-state index in [2.05, 4.69) is 15.9 Å². The lowest BCUT2D eigenvalue weighted by molar-refractivity contribution is -0.137. The van der Waals surface area contributed by atoms with Crippen molar-refractivity contribution >= 4 is 15.9 Å². The zero-order valence-electron chi connectivity index (χ0n) is 11.0. The molecule has 0 spiro atoms. The van der Waals surface area contributed by atoms with Crippen LogP contribution in [0.4, 0.5) is 13.2 Å². The Balaban J connectivity index is 2.38. The van der Waals surface area contributed by atoms with Crippen LogP contribution >= 0.6 is 15.9 Å². The molecule has 6 heteroatoms. The zero-order valence-corrected chi connectivity index (χ0v) is 12.6. The highest BCUT2D eigenvalue weighted by Gasteiger charge is 2.31. The average Bonchev–Trinajstić information content (AvgIpc) is 2.45. The van der Waals surface area contributed by atoms with Crippen molar-refractivity contribution < 1.29 is 23.0 Å². The lowest BCUT2D eigenvalue weighted by atomic mass is 9.99. The first-order valence-corrected chi connectivity index (χ1v) is 6.81. The summed E-state index contributed by atoms with van der Waals surface area (Å²) < 4.78 is 43.7. The van der Waals surface area contributed by atoms with E-state index in [0.717, 1.165) is 12.1 Å². The normalized spacial score (nSPS) is 13.0. The molecular weight excluding hydrogens is 349 g/mol. The van der Waals surface area contributed by atoms with Gasteiger partial charge in [-0.05, 0) is 35.4 Å². The molecule has 0 fully saturated rings. The first-order chi connectivity index (χ1) is 9.82. The van der Waals surface area contributed by atoms with Crippen molar-refractivity contribution in [2.24, 2.45) is 0 Å². The molecule has 2 aromatic carbocycles. The number of rotatable bonds is 3. The molecule has 21 heavy (non-hydrogen) atoms. The molecule has 0 saturated heterocycles. The van der Waals surface area contributed by atoms with Gasteiger partial charge in [-0.25, -0.2) is 0 Å². The van der Waals surface area contributed by atoms with Crippen LogP contribution in [-0.2, 0) is 6.18 Å². The van der Waals surface area contributed by atoms with Gasteiger partial charge in [0.2, 0.25) is 0 Å². The fraction of sp³-hybridized carbons (Fsp3) is 0.200. The minimum atomic E-state index is -4.44. The zero-order chi connectivity index (χ0) is 15.6. The van der Waals surface area contributed by atoms with Crippen LogP contribution in [0.25, 0.3) is 0 Å². The highest BCUT2D eigenvalue weighted by Crippen LogP contribution is 2.34. The van der Waals surface area contributed by atoms with Crippen LogP contribution in [-0.4, -0.2) is 12.2 Å². The maximum Gasteiger partial charge on any atom is 0.416 e. The highest BCUT2D eigenvalue weighted by atomic mass is 79.9. The smallest absolute Gasteiger partial charge is 0.416 e. The summed E-state index contributed by atoms with van der Waals surface area (Å²) in [6, 6.07) is 9.53. The predicted molar refractivity (Wildman–Crippen MR) is 76.2 cm³/mol. The third-order valence-corrected chi connectivity index (χ3v) is 3.72. The van der Waals surface area contributed by atoms with E-state index < -0.39 is 17.8 Å². The number of benzene rings is 2. The fourth-order valence-electron chi connectivity index (χ4n) is 1.92. The van der Waals surface area contributed by atoms with Gasteiger partial charge in [0.15, 0.2) is 0 Å². The Labute approximate surface area is 128 Å². The summed E-state index contributed by atoms with van der Waals surface area (Å²) in [5.41, 5.74) is -0.144. The number of aliphatic hydroxyl groups is 1. The van der Waals surface area contributed by atoms with E-state index in [4.69, 9.17) is 4.74 Å². The maximum absolute atomic E-state index is 12.7. The summed E-state index contributed by atoms with van der Waals surface area (Å²) in [4.78, 5) is 0. The van der Waals surface area contributed by atoms with Gasteiger partial charge in [0, 0.05) is 4.47 Å². The summed E-state index contributed by atoms with van der Waals surface area (Å²) in [5, 5.41) is 10.3. The fourth-order valence-corrected chi connectivity index (χ4v) is 2.50. The summed E-state index contributed by atoms with van der Waals surface area (Å²) in [7, 11) is 1.50. The Morgan fingerprint density at radius 2 is 1.86 bits per heavy atom. The van der Waals surface area contributed by atoms with Crippen LogP contribution in [0.15, 0.2) is 46.9 Å².